The molecule has 9 heteroatoms. The molecule has 1 amide bonds. The maximum absolute atomic E-state index is 13.9. The van der Waals surface area contributed by atoms with Crippen LogP contribution in [0, 0.1) is 0 Å². The number of halogens is 1. The van der Waals surface area contributed by atoms with Gasteiger partial charge in [-0.1, -0.05) is 18.7 Å². The second-order valence-electron chi connectivity index (χ2n) is 8.88. The van der Waals surface area contributed by atoms with Gasteiger partial charge in [-0.3, -0.25) is 4.31 Å². The smallest absolute Gasteiger partial charge is 0.410 e. The van der Waals surface area contributed by atoms with Gasteiger partial charge in [-0.2, -0.15) is 0 Å². The molecule has 32 heavy (non-hydrogen) atoms. The van der Waals surface area contributed by atoms with Crippen molar-refractivity contribution in [2.24, 2.45) is 0 Å². The third-order valence-electron chi connectivity index (χ3n) is 5.17. The van der Waals surface area contributed by atoms with Crippen LogP contribution in [0.5, 0.6) is 5.75 Å². The van der Waals surface area contributed by atoms with Crippen molar-refractivity contribution in [1.82, 2.24) is 4.90 Å². The molecule has 0 aliphatic carbocycles. The number of piperazine rings is 1. The fraction of sp³-hybridized carbons (Fsp3) is 0.522. The van der Waals surface area contributed by atoms with E-state index >= 15 is 0 Å². The van der Waals surface area contributed by atoms with E-state index in [9.17, 15) is 13.4 Å². The molecule has 0 bridgehead atoms. The number of benzene rings is 1. The summed E-state index contributed by atoms with van der Waals surface area (Å²) in [6.45, 7) is 15.0. The summed E-state index contributed by atoms with van der Waals surface area (Å²) in [5, 5.41) is 0. The zero-order valence-electron chi connectivity index (χ0n) is 19.4. The Morgan fingerprint density at radius 1 is 1.25 bits per heavy atom. The van der Waals surface area contributed by atoms with E-state index in [0.29, 0.717) is 44.2 Å². The zero-order valence-corrected chi connectivity index (χ0v) is 20.2. The number of anilines is 2. The van der Waals surface area contributed by atoms with Crippen LogP contribution in [0.25, 0.3) is 0 Å². The van der Waals surface area contributed by atoms with Gasteiger partial charge in [-0.25, -0.2) is 13.4 Å². The largest absolute Gasteiger partial charge is 0.484 e. The molecule has 1 aromatic carbocycles. The molecular formula is C23H32FN3O4S. The van der Waals surface area contributed by atoms with E-state index in [1.807, 2.05) is 45.9 Å². The predicted molar refractivity (Wildman–Crippen MR) is 126 cm³/mol. The van der Waals surface area contributed by atoms with Crippen LogP contribution in [0.2, 0.25) is 0 Å². The van der Waals surface area contributed by atoms with Gasteiger partial charge in [-0.15, -0.1) is 0 Å². The quantitative estimate of drug-likeness (QED) is 0.618. The van der Waals surface area contributed by atoms with E-state index in [4.69, 9.17) is 9.47 Å². The monoisotopic (exact) mass is 465 g/mol. The lowest BCUT2D eigenvalue weighted by Gasteiger charge is -2.40. The van der Waals surface area contributed by atoms with E-state index in [1.165, 1.54) is 6.08 Å². The van der Waals surface area contributed by atoms with E-state index in [-0.39, 0.29) is 17.1 Å². The summed E-state index contributed by atoms with van der Waals surface area (Å²) in [4.78, 5) is 16.3. The van der Waals surface area contributed by atoms with Crippen LogP contribution < -0.4 is 13.9 Å². The van der Waals surface area contributed by atoms with Gasteiger partial charge >= 0.3 is 6.09 Å². The average Bonchev–Trinajstić information content (AvgIpc) is 2.71. The number of carbonyl (C=O) groups excluding carboxylic acids is 1. The Kier molecular flexibility index (Phi) is 7.17. The van der Waals surface area contributed by atoms with Crippen molar-refractivity contribution < 1.29 is 22.9 Å². The maximum Gasteiger partial charge on any atom is 0.410 e. The predicted octanol–water partition coefficient (Wildman–Crippen LogP) is 4.38. The first-order valence-electron chi connectivity index (χ1n) is 10.7. The van der Waals surface area contributed by atoms with Crippen molar-refractivity contribution in [3.63, 3.8) is 0 Å². The van der Waals surface area contributed by atoms with Crippen LogP contribution in [0.4, 0.5) is 20.6 Å². The van der Waals surface area contributed by atoms with Crippen molar-refractivity contribution in [3.05, 3.63) is 41.6 Å². The first-order valence-corrected chi connectivity index (χ1v) is 11.9. The van der Waals surface area contributed by atoms with E-state index < -0.39 is 22.4 Å². The van der Waals surface area contributed by atoms with Crippen molar-refractivity contribution in [3.8, 4) is 5.75 Å². The van der Waals surface area contributed by atoms with Gasteiger partial charge in [0.2, 0.25) is 0 Å². The third-order valence-corrected chi connectivity index (χ3v) is 6.75. The van der Waals surface area contributed by atoms with E-state index in [2.05, 4.69) is 11.5 Å². The van der Waals surface area contributed by atoms with Crippen molar-refractivity contribution in [2.75, 3.05) is 41.9 Å². The number of fused-ring (bicyclic) bond motifs is 1. The summed E-state index contributed by atoms with van der Waals surface area (Å²) in [5.41, 5.74) is 0.974. The third kappa shape index (κ3) is 5.26. The molecule has 0 spiro atoms. The molecule has 1 aromatic rings. The molecule has 1 fully saturated rings. The number of ether oxygens (including phenoxy) is 2. The van der Waals surface area contributed by atoms with Gasteiger partial charge in [0, 0.05) is 26.2 Å². The van der Waals surface area contributed by atoms with Crippen LogP contribution in [-0.4, -0.2) is 59.6 Å². The summed E-state index contributed by atoms with van der Waals surface area (Å²) in [6.07, 6.45) is 0.934. The number of rotatable bonds is 4. The molecule has 2 unspecified atom stereocenters. The first-order chi connectivity index (χ1) is 15.0. The molecule has 0 saturated carbocycles. The van der Waals surface area contributed by atoms with E-state index in [0.717, 1.165) is 5.69 Å². The molecule has 3 rings (SSSR count). The number of amides is 1. The molecule has 2 heterocycles. The van der Waals surface area contributed by atoms with Gasteiger partial charge in [0.05, 0.1) is 22.8 Å². The molecule has 176 valence electrons. The number of hydrogen-bond acceptors (Lipinski definition) is 5. The Hall–Kier alpha value is -2.55. The highest BCUT2D eigenvalue weighted by molar-refractivity contribution is 7.90. The molecular weight excluding hydrogens is 433 g/mol. The Labute approximate surface area is 192 Å². The minimum Gasteiger partial charge on any atom is -0.484 e. The normalized spacial score (nSPS) is 20.4. The van der Waals surface area contributed by atoms with Gasteiger partial charge in [-0.05, 0) is 46.8 Å². The summed E-state index contributed by atoms with van der Waals surface area (Å²) < 4.78 is 40.3. The standard InChI is InChI=1S/C23H32FN3O4S/c1-7-20(17(3)24)32(29)27-15-16(2)30-21-18(9-8-10-19(21)27)25-11-13-26(14-12-25)22(28)31-23(4,5)6/h7-10,16H,3,11-15H2,1-2,4-6H3/b20-7+. The fourth-order valence-electron chi connectivity index (χ4n) is 3.73. The zero-order chi connectivity index (χ0) is 23.6. The van der Waals surface area contributed by atoms with Gasteiger partial charge in [0.25, 0.3) is 0 Å². The SMILES string of the molecule is C=C(F)/C(=C\C)S(=O)N1CC(C)Oc2c(N3CCN(C(=O)OC(C)(C)C)CC3)cccc21. The molecule has 0 aromatic heterocycles. The lowest BCUT2D eigenvalue weighted by molar-refractivity contribution is 0.0240. The van der Waals surface area contributed by atoms with Crippen LogP contribution in [0.1, 0.15) is 34.6 Å². The topological polar surface area (TPSA) is 62.3 Å². The minimum atomic E-state index is -1.74. The Bertz CT molecular complexity index is 936. The summed E-state index contributed by atoms with van der Waals surface area (Å²) in [6, 6.07) is 5.65. The minimum absolute atomic E-state index is 0.0569. The highest BCUT2D eigenvalue weighted by Crippen LogP contribution is 2.43. The number of hydrogen-bond donors (Lipinski definition) is 0. The number of nitrogens with zero attached hydrogens (tertiary/aromatic N) is 3. The van der Waals surface area contributed by atoms with Gasteiger partial charge < -0.3 is 19.3 Å². The summed E-state index contributed by atoms with van der Waals surface area (Å²) >= 11 is 0. The Balaban J connectivity index is 1.82. The highest BCUT2D eigenvalue weighted by Gasteiger charge is 2.33. The average molecular weight is 466 g/mol. The first kappa shape index (κ1) is 24.1. The second-order valence-corrected chi connectivity index (χ2v) is 10.3. The summed E-state index contributed by atoms with van der Waals surface area (Å²) in [5.74, 6) is -0.0915. The van der Waals surface area contributed by atoms with Crippen molar-refractivity contribution >= 4 is 28.5 Å². The molecule has 1 saturated heterocycles. The fourth-order valence-corrected chi connectivity index (χ4v) is 5.03. The molecule has 0 N–H and O–H groups in total. The summed E-state index contributed by atoms with van der Waals surface area (Å²) in [7, 11) is -1.74. The second kappa shape index (κ2) is 9.52. The molecule has 0 radical (unpaired) electrons. The van der Waals surface area contributed by atoms with Crippen LogP contribution in [0.15, 0.2) is 41.6 Å². The molecule has 7 nitrogen and oxygen atoms in total. The lowest BCUT2D eigenvalue weighted by atomic mass is 10.1. The lowest BCUT2D eigenvalue weighted by Crippen LogP contribution is -2.50. The van der Waals surface area contributed by atoms with Gasteiger partial charge in [0.15, 0.2) is 16.7 Å². The van der Waals surface area contributed by atoms with Crippen LogP contribution in [0.3, 0.4) is 0 Å². The number of carbonyl (C=O) groups is 1. The van der Waals surface area contributed by atoms with Crippen LogP contribution in [-0.2, 0) is 15.7 Å². The maximum atomic E-state index is 13.9. The Morgan fingerprint density at radius 3 is 2.44 bits per heavy atom. The van der Waals surface area contributed by atoms with Crippen molar-refractivity contribution in [2.45, 2.75) is 46.3 Å². The Morgan fingerprint density at radius 2 is 1.88 bits per heavy atom. The highest BCUT2D eigenvalue weighted by atomic mass is 32.2. The number of allylic oxidation sites excluding steroid dienone is 2. The molecule has 2 atom stereocenters. The molecule has 2 aliphatic rings. The van der Waals surface area contributed by atoms with Crippen molar-refractivity contribution in [1.29, 1.82) is 0 Å². The molecule has 2 aliphatic heterocycles. The van der Waals surface area contributed by atoms with E-state index in [1.54, 1.807) is 16.1 Å². The van der Waals surface area contributed by atoms with Crippen LogP contribution >= 0.6 is 0 Å². The number of para-hydroxylation sites is 1. The van der Waals surface area contributed by atoms with Gasteiger partial charge in [0.1, 0.15) is 17.5 Å².